The quantitative estimate of drug-likeness (QED) is 0.869. The number of likely N-dealkylation sites (tertiary alicyclic amines) is 1. The highest BCUT2D eigenvalue weighted by molar-refractivity contribution is 5.92. The molecule has 27 heavy (non-hydrogen) atoms. The van der Waals surface area contributed by atoms with Crippen LogP contribution in [0.5, 0.6) is 0 Å². The monoisotopic (exact) mass is 370 g/mol. The fourth-order valence-corrected chi connectivity index (χ4v) is 4.72. The maximum absolute atomic E-state index is 12.1. The van der Waals surface area contributed by atoms with Gasteiger partial charge in [-0.25, -0.2) is 0 Å². The van der Waals surface area contributed by atoms with Crippen LogP contribution in [0.3, 0.4) is 0 Å². The number of aryl methyl sites for hydroxylation is 1. The standard InChI is InChI=1S/C21H30N4O2/c1-15-9-10-20(27-15)17-13-19(21(22)26)25(23-17)18-8-4-3-7-16(18)14-24-11-5-2-6-12-24/h9-10,13,16,18H,2-8,11-12,14H2,1H3,(H2,22,26). The predicted octanol–water partition coefficient (Wildman–Crippen LogP) is 3.77. The Morgan fingerprint density at radius 2 is 1.96 bits per heavy atom. The molecule has 1 saturated carbocycles. The van der Waals surface area contributed by atoms with E-state index in [4.69, 9.17) is 15.2 Å². The third kappa shape index (κ3) is 3.95. The highest BCUT2D eigenvalue weighted by Crippen LogP contribution is 2.36. The fraction of sp³-hybridized carbons (Fsp3) is 0.619. The van der Waals surface area contributed by atoms with Gasteiger partial charge in [-0.3, -0.25) is 9.48 Å². The first-order valence-corrected chi connectivity index (χ1v) is 10.3. The number of primary amides is 1. The molecule has 6 nitrogen and oxygen atoms in total. The number of hydrogen-bond donors (Lipinski definition) is 1. The van der Waals surface area contributed by atoms with Crippen LogP contribution in [0.1, 0.15) is 67.2 Å². The number of hydrogen-bond acceptors (Lipinski definition) is 4. The third-order valence-electron chi connectivity index (χ3n) is 6.11. The molecule has 2 N–H and O–H groups in total. The summed E-state index contributed by atoms with van der Waals surface area (Å²) in [6, 6.07) is 5.83. The van der Waals surface area contributed by atoms with Gasteiger partial charge in [0.2, 0.25) is 0 Å². The number of furan rings is 1. The zero-order valence-electron chi connectivity index (χ0n) is 16.2. The van der Waals surface area contributed by atoms with Gasteiger partial charge in [0.15, 0.2) is 5.76 Å². The molecule has 0 aromatic carbocycles. The zero-order chi connectivity index (χ0) is 18.8. The number of piperidine rings is 1. The summed E-state index contributed by atoms with van der Waals surface area (Å²) in [7, 11) is 0. The normalized spacial score (nSPS) is 24.2. The van der Waals surface area contributed by atoms with Crippen LogP contribution in [0.2, 0.25) is 0 Å². The summed E-state index contributed by atoms with van der Waals surface area (Å²) >= 11 is 0. The van der Waals surface area contributed by atoms with Crippen molar-refractivity contribution in [1.82, 2.24) is 14.7 Å². The molecule has 4 rings (SSSR count). The van der Waals surface area contributed by atoms with Gasteiger partial charge in [-0.05, 0) is 63.7 Å². The number of rotatable bonds is 5. The molecule has 1 aliphatic carbocycles. The van der Waals surface area contributed by atoms with Crippen LogP contribution in [0.15, 0.2) is 22.6 Å². The first-order chi connectivity index (χ1) is 13.1. The smallest absolute Gasteiger partial charge is 0.267 e. The van der Waals surface area contributed by atoms with E-state index in [1.54, 1.807) is 6.07 Å². The lowest BCUT2D eigenvalue weighted by Crippen LogP contribution is -2.39. The van der Waals surface area contributed by atoms with Crippen molar-refractivity contribution in [2.75, 3.05) is 19.6 Å². The van der Waals surface area contributed by atoms with Gasteiger partial charge in [0.1, 0.15) is 17.1 Å². The molecule has 146 valence electrons. The van der Waals surface area contributed by atoms with E-state index in [-0.39, 0.29) is 6.04 Å². The molecule has 2 aromatic rings. The van der Waals surface area contributed by atoms with Crippen LogP contribution < -0.4 is 5.73 Å². The Hall–Kier alpha value is -2.08. The summed E-state index contributed by atoms with van der Waals surface area (Å²) in [5, 5.41) is 4.79. The van der Waals surface area contributed by atoms with E-state index in [1.807, 2.05) is 23.7 Å². The first-order valence-electron chi connectivity index (χ1n) is 10.3. The lowest BCUT2D eigenvalue weighted by molar-refractivity contribution is 0.0966. The van der Waals surface area contributed by atoms with Gasteiger partial charge in [-0.1, -0.05) is 19.3 Å². The van der Waals surface area contributed by atoms with Gasteiger partial charge in [-0.2, -0.15) is 5.10 Å². The second kappa shape index (κ2) is 7.89. The Kier molecular flexibility index (Phi) is 5.34. The average Bonchev–Trinajstić information content (AvgIpc) is 3.29. The molecule has 6 heteroatoms. The minimum absolute atomic E-state index is 0.230. The minimum Gasteiger partial charge on any atom is -0.460 e. The van der Waals surface area contributed by atoms with Crippen molar-refractivity contribution in [2.45, 2.75) is 57.9 Å². The van der Waals surface area contributed by atoms with Gasteiger partial charge in [0.05, 0.1) is 6.04 Å². The van der Waals surface area contributed by atoms with Crippen molar-refractivity contribution < 1.29 is 9.21 Å². The van der Waals surface area contributed by atoms with Gasteiger partial charge in [0.25, 0.3) is 5.91 Å². The van der Waals surface area contributed by atoms with Crippen molar-refractivity contribution in [3.63, 3.8) is 0 Å². The molecule has 0 spiro atoms. The fourth-order valence-electron chi connectivity index (χ4n) is 4.72. The Morgan fingerprint density at radius 3 is 2.67 bits per heavy atom. The van der Waals surface area contributed by atoms with Gasteiger partial charge < -0.3 is 15.1 Å². The van der Waals surface area contributed by atoms with Crippen LogP contribution in [-0.4, -0.2) is 40.2 Å². The second-order valence-electron chi connectivity index (χ2n) is 8.11. The molecule has 2 fully saturated rings. The van der Waals surface area contributed by atoms with Crippen LogP contribution in [0, 0.1) is 12.8 Å². The van der Waals surface area contributed by atoms with Gasteiger partial charge in [0, 0.05) is 12.6 Å². The topological polar surface area (TPSA) is 77.3 Å². The number of nitrogens with two attached hydrogens (primary N) is 1. The minimum atomic E-state index is -0.417. The van der Waals surface area contributed by atoms with Crippen LogP contribution >= 0.6 is 0 Å². The predicted molar refractivity (Wildman–Crippen MR) is 104 cm³/mol. The first kappa shape index (κ1) is 18.3. The Balaban J connectivity index is 1.62. The molecule has 2 aliphatic rings. The summed E-state index contributed by atoms with van der Waals surface area (Å²) < 4.78 is 7.62. The molecule has 0 radical (unpaired) electrons. The molecule has 2 atom stereocenters. The number of nitrogens with zero attached hydrogens (tertiary/aromatic N) is 3. The maximum atomic E-state index is 12.1. The number of carbonyl (C=O) groups excluding carboxylic acids is 1. The summed E-state index contributed by atoms with van der Waals surface area (Å²) in [5.74, 6) is 1.62. The van der Waals surface area contributed by atoms with Crippen molar-refractivity contribution in [1.29, 1.82) is 0 Å². The van der Waals surface area contributed by atoms with Crippen molar-refractivity contribution in [3.8, 4) is 11.5 Å². The largest absolute Gasteiger partial charge is 0.460 e. The number of amides is 1. The van der Waals surface area contributed by atoms with E-state index < -0.39 is 5.91 Å². The highest BCUT2D eigenvalue weighted by atomic mass is 16.3. The summed E-state index contributed by atoms with van der Waals surface area (Å²) in [6.45, 7) is 5.40. The van der Waals surface area contributed by atoms with Crippen molar-refractivity contribution in [2.24, 2.45) is 11.7 Å². The van der Waals surface area contributed by atoms with Crippen molar-refractivity contribution >= 4 is 5.91 Å². The van der Waals surface area contributed by atoms with Crippen LogP contribution in [-0.2, 0) is 0 Å². The zero-order valence-corrected chi connectivity index (χ0v) is 16.2. The summed E-state index contributed by atoms with van der Waals surface area (Å²) in [4.78, 5) is 14.7. The molecule has 1 aliphatic heterocycles. The Labute approximate surface area is 160 Å². The number of aromatic nitrogens is 2. The van der Waals surface area contributed by atoms with E-state index in [1.165, 1.54) is 51.6 Å². The van der Waals surface area contributed by atoms with E-state index in [0.29, 0.717) is 23.1 Å². The molecule has 0 bridgehead atoms. The lowest BCUT2D eigenvalue weighted by atomic mass is 9.83. The molecule has 2 unspecified atom stereocenters. The second-order valence-corrected chi connectivity index (χ2v) is 8.11. The Bertz CT molecular complexity index is 788. The Morgan fingerprint density at radius 1 is 1.19 bits per heavy atom. The number of carbonyl (C=O) groups is 1. The van der Waals surface area contributed by atoms with E-state index in [0.717, 1.165) is 18.7 Å². The van der Waals surface area contributed by atoms with Crippen LogP contribution in [0.25, 0.3) is 11.5 Å². The summed E-state index contributed by atoms with van der Waals surface area (Å²) in [6.07, 6.45) is 8.62. The van der Waals surface area contributed by atoms with E-state index >= 15 is 0 Å². The van der Waals surface area contributed by atoms with E-state index in [2.05, 4.69) is 4.90 Å². The molecule has 3 heterocycles. The van der Waals surface area contributed by atoms with Gasteiger partial charge >= 0.3 is 0 Å². The van der Waals surface area contributed by atoms with Crippen LogP contribution in [0.4, 0.5) is 0 Å². The molecular formula is C21H30N4O2. The lowest BCUT2D eigenvalue weighted by Gasteiger charge is -2.37. The van der Waals surface area contributed by atoms with Crippen molar-refractivity contribution in [3.05, 3.63) is 29.7 Å². The van der Waals surface area contributed by atoms with Gasteiger partial charge in [-0.15, -0.1) is 0 Å². The highest BCUT2D eigenvalue weighted by Gasteiger charge is 2.32. The third-order valence-corrected chi connectivity index (χ3v) is 6.11. The molecular weight excluding hydrogens is 340 g/mol. The molecule has 1 saturated heterocycles. The SMILES string of the molecule is Cc1ccc(-c2cc(C(N)=O)n(C3CCCCC3CN3CCCCC3)n2)o1. The molecule has 1 amide bonds. The average molecular weight is 370 g/mol. The molecule has 2 aromatic heterocycles. The summed E-state index contributed by atoms with van der Waals surface area (Å²) in [5.41, 5.74) is 6.90. The van der Waals surface area contributed by atoms with E-state index in [9.17, 15) is 4.79 Å². The maximum Gasteiger partial charge on any atom is 0.267 e.